The number of nitrogens with one attached hydrogen (secondary N) is 1. The molecule has 1 aliphatic carbocycles. The van der Waals surface area contributed by atoms with E-state index in [0.717, 1.165) is 24.5 Å². The third-order valence-corrected chi connectivity index (χ3v) is 3.44. The highest BCUT2D eigenvalue weighted by atomic mass is 19.1. The standard InChI is InChI=1S/C14H17FN2/c1-17-9-10(6-7-16-12-3-4-12)13-5-2-11(15)8-14(13)17/h2,5,8-9,12,16H,3-4,6-7H2,1H3. The summed E-state index contributed by atoms with van der Waals surface area (Å²) in [4.78, 5) is 0. The molecule has 0 spiro atoms. The van der Waals surface area contributed by atoms with Gasteiger partial charge < -0.3 is 9.88 Å². The van der Waals surface area contributed by atoms with Crippen LogP contribution in [0.1, 0.15) is 18.4 Å². The van der Waals surface area contributed by atoms with E-state index in [-0.39, 0.29) is 5.82 Å². The van der Waals surface area contributed by atoms with Gasteiger partial charge in [-0.15, -0.1) is 0 Å². The van der Waals surface area contributed by atoms with Crippen LogP contribution in [0.4, 0.5) is 4.39 Å². The van der Waals surface area contributed by atoms with Crippen LogP contribution in [0.25, 0.3) is 10.9 Å². The van der Waals surface area contributed by atoms with Crippen molar-refractivity contribution in [3.05, 3.63) is 35.8 Å². The number of fused-ring (bicyclic) bond motifs is 1. The van der Waals surface area contributed by atoms with Crippen LogP contribution < -0.4 is 5.32 Å². The molecule has 0 aliphatic heterocycles. The largest absolute Gasteiger partial charge is 0.350 e. The van der Waals surface area contributed by atoms with Gasteiger partial charge in [0, 0.05) is 24.7 Å². The highest BCUT2D eigenvalue weighted by Crippen LogP contribution is 2.23. The molecule has 1 aromatic heterocycles. The predicted molar refractivity (Wildman–Crippen MR) is 67.6 cm³/mol. The molecule has 0 bridgehead atoms. The van der Waals surface area contributed by atoms with Gasteiger partial charge in [-0.3, -0.25) is 0 Å². The van der Waals surface area contributed by atoms with Crippen LogP contribution in [0.15, 0.2) is 24.4 Å². The minimum absolute atomic E-state index is 0.165. The predicted octanol–water partition coefficient (Wildman–Crippen LogP) is 2.61. The molecule has 17 heavy (non-hydrogen) atoms. The molecule has 0 unspecified atom stereocenters. The van der Waals surface area contributed by atoms with E-state index in [9.17, 15) is 4.39 Å². The first-order valence-corrected chi connectivity index (χ1v) is 6.21. The Hall–Kier alpha value is -1.35. The quantitative estimate of drug-likeness (QED) is 0.857. The minimum Gasteiger partial charge on any atom is -0.350 e. The lowest BCUT2D eigenvalue weighted by molar-refractivity contribution is 0.629. The number of aryl methyl sites for hydroxylation is 1. The van der Waals surface area contributed by atoms with Gasteiger partial charge >= 0.3 is 0 Å². The topological polar surface area (TPSA) is 17.0 Å². The molecule has 1 fully saturated rings. The van der Waals surface area contributed by atoms with Crippen molar-refractivity contribution in [3.63, 3.8) is 0 Å². The molecule has 0 radical (unpaired) electrons. The van der Waals surface area contributed by atoms with Crippen LogP contribution in [0.5, 0.6) is 0 Å². The Kier molecular flexibility index (Phi) is 2.63. The zero-order valence-electron chi connectivity index (χ0n) is 10.0. The van der Waals surface area contributed by atoms with Crippen LogP contribution >= 0.6 is 0 Å². The second-order valence-electron chi connectivity index (χ2n) is 4.91. The van der Waals surface area contributed by atoms with E-state index in [1.807, 2.05) is 17.7 Å². The van der Waals surface area contributed by atoms with E-state index in [1.54, 1.807) is 12.1 Å². The summed E-state index contributed by atoms with van der Waals surface area (Å²) < 4.78 is 15.2. The van der Waals surface area contributed by atoms with Crippen molar-refractivity contribution in [3.8, 4) is 0 Å². The Morgan fingerprint density at radius 3 is 3.00 bits per heavy atom. The minimum atomic E-state index is -0.165. The van der Waals surface area contributed by atoms with E-state index in [2.05, 4.69) is 11.5 Å². The molecule has 3 heteroatoms. The first kappa shape index (κ1) is 10.8. The van der Waals surface area contributed by atoms with Gasteiger partial charge in [-0.05, 0) is 49.6 Å². The second-order valence-corrected chi connectivity index (χ2v) is 4.91. The second kappa shape index (κ2) is 4.15. The molecular formula is C14H17FN2. The van der Waals surface area contributed by atoms with Crippen molar-refractivity contribution in [2.24, 2.45) is 7.05 Å². The Morgan fingerprint density at radius 1 is 1.41 bits per heavy atom. The fourth-order valence-corrected chi connectivity index (χ4v) is 2.34. The zero-order valence-corrected chi connectivity index (χ0v) is 10.0. The number of nitrogens with zero attached hydrogens (tertiary/aromatic N) is 1. The van der Waals surface area contributed by atoms with Gasteiger partial charge in [-0.2, -0.15) is 0 Å². The molecule has 1 heterocycles. The summed E-state index contributed by atoms with van der Waals surface area (Å²) in [5.41, 5.74) is 2.28. The average Bonchev–Trinajstić information content (AvgIpc) is 3.06. The summed E-state index contributed by atoms with van der Waals surface area (Å²) in [5, 5.41) is 4.68. The van der Waals surface area contributed by atoms with Gasteiger partial charge in [-0.1, -0.05) is 0 Å². The third-order valence-electron chi connectivity index (χ3n) is 3.44. The highest BCUT2D eigenvalue weighted by molar-refractivity contribution is 5.84. The maximum absolute atomic E-state index is 13.2. The van der Waals surface area contributed by atoms with Crippen LogP contribution in [0.2, 0.25) is 0 Å². The molecular weight excluding hydrogens is 215 g/mol. The number of hydrogen-bond acceptors (Lipinski definition) is 1. The van der Waals surface area contributed by atoms with E-state index in [0.29, 0.717) is 0 Å². The summed E-state index contributed by atoms with van der Waals surface area (Å²) in [6, 6.07) is 5.78. The number of benzene rings is 1. The maximum Gasteiger partial charge on any atom is 0.125 e. The Morgan fingerprint density at radius 2 is 2.24 bits per heavy atom. The average molecular weight is 232 g/mol. The Labute approximate surface area is 100 Å². The number of halogens is 1. The van der Waals surface area contributed by atoms with Gasteiger partial charge in [0.25, 0.3) is 0 Å². The number of aromatic nitrogens is 1. The van der Waals surface area contributed by atoms with Crippen molar-refractivity contribution in [1.82, 2.24) is 9.88 Å². The molecule has 1 aromatic carbocycles. The summed E-state index contributed by atoms with van der Waals surface area (Å²) in [7, 11) is 1.97. The molecule has 1 saturated carbocycles. The van der Waals surface area contributed by atoms with E-state index in [1.165, 1.54) is 23.8 Å². The molecule has 2 aromatic rings. The molecule has 1 N–H and O–H groups in total. The fourth-order valence-electron chi connectivity index (χ4n) is 2.34. The van der Waals surface area contributed by atoms with Crippen LogP contribution in [-0.4, -0.2) is 17.2 Å². The summed E-state index contributed by atoms with van der Waals surface area (Å²) in [6.07, 6.45) is 5.76. The highest BCUT2D eigenvalue weighted by Gasteiger charge is 2.19. The maximum atomic E-state index is 13.2. The summed E-state index contributed by atoms with van der Waals surface area (Å²) >= 11 is 0. The smallest absolute Gasteiger partial charge is 0.125 e. The molecule has 3 rings (SSSR count). The van der Waals surface area contributed by atoms with Crippen LogP contribution in [0, 0.1) is 5.82 Å². The molecule has 0 atom stereocenters. The lowest BCUT2D eigenvalue weighted by Crippen LogP contribution is -2.19. The summed E-state index contributed by atoms with van der Waals surface area (Å²) in [5.74, 6) is -0.165. The van der Waals surface area contributed by atoms with Crippen molar-refractivity contribution in [1.29, 1.82) is 0 Å². The Balaban J connectivity index is 1.82. The zero-order chi connectivity index (χ0) is 11.8. The molecule has 0 saturated heterocycles. The molecule has 1 aliphatic rings. The van der Waals surface area contributed by atoms with Gasteiger partial charge in [0.2, 0.25) is 0 Å². The number of rotatable bonds is 4. The van der Waals surface area contributed by atoms with Crippen molar-refractivity contribution in [2.75, 3.05) is 6.54 Å². The Bertz CT molecular complexity index is 540. The van der Waals surface area contributed by atoms with E-state index in [4.69, 9.17) is 0 Å². The van der Waals surface area contributed by atoms with Crippen molar-refractivity contribution >= 4 is 10.9 Å². The van der Waals surface area contributed by atoms with E-state index >= 15 is 0 Å². The van der Waals surface area contributed by atoms with Crippen LogP contribution in [0.3, 0.4) is 0 Å². The van der Waals surface area contributed by atoms with E-state index < -0.39 is 0 Å². The number of hydrogen-bond donors (Lipinski definition) is 1. The van der Waals surface area contributed by atoms with Gasteiger partial charge in [0.05, 0.1) is 5.52 Å². The third kappa shape index (κ3) is 2.20. The molecule has 2 nitrogen and oxygen atoms in total. The monoisotopic (exact) mass is 232 g/mol. The van der Waals surface area contributed by atoms with Crippen molar-refractivity contribution in [2.45, 2.75) is 25.3 Å². The van der Waals surface area contributed by atoms with Gasteiger partial charge in [0.1, 0.15) is 5.82 Å². The molecule has 90 valence electrons. The SMILES string of the molecule is Cn1cc(CCNC2CC2)c2ccc(F)cc21. The first-order chi connectivity index (χ1) is 8.24. The molecule has 0 amide bonds. The van der Waals surface area contributed by atoms with Gasteiger partial charge in [0.15, 0.2) is 0 Å². The normalized spacial score (nSPS) is 15.6. The fraction of sp³-hybridized carbons (Fsp3) is 0.429. The lowest BCUT2D eigenvalue weighted by Gasteiger charge is -2.01. The van der Waals surface area contributed by atoms with Gasteiger partial charge in [-0.25, -0.2) is 4.39 Å². The first-order valence-electron chi connectivity index (χ1n) is 6.21. The van der Waals surface area contributed by atoms with Crippen LogP contribution in [-0.2, 0) is 13.5 Å². The summed E-state index contributed by atoms with van der Waals surface area (Å²) in [6.45, 7) is 1.02. The van der Waals surface area contributed by atoms with Crippen molar-refractivity contribution < 1.29 is 4.39 Å². The lowest BCUT2D eigenvalue weighted by atomic mass is 10.1.